The maximum absolute atomic E-state index is 11.0. The highest BCUT2D eigenvalue weighted by Gasteiger charge is 2.18. The van der Waals surface area contributed by atoms with Crippen molar-refractivity contribution in [3.05, 3.63) is 35.9 Å². The van der Waals surface area contributed by atoms with E-state index < -0.39 is 5.37 Å². The molecule has 130 valence electrons. The molecule has 1 amide bonds. The molecular weight excluding hydrogens is 328 g/mol. The van der Waals surface area contributed by atoms with Crippen LogP contribution in [0, 0.1) is 0 Å². The van der Waals surface area contributed by atoms with Crippen LogP contribution in [0.5, 0.6) is 0 Å². The fourth-order valence-corrected chi connectivity index (χ4v) is 2.90. The first kappa shape index (κ1) is 18.6. The molecule has 6 heteroatoms. The molecule has 0 aliphatic carbocycles. The van der Waals surface area contributed by atoms with E-state index in [4.69, 9.17) is 11.6 Å². The average molecular weight is 351 g/mol. The molecule has 1 aromatic carbocycles. The van der Waals surface area contributed by atoms with Crippen LogP contribution in [0.4, 0.5) is 4.79 Å². The van der Waals surface area contributed by atoms with Crippen molar-refractivity contribution < 1.29 is 14.4 Å². The van der Waals surface area contributed by atoms with E-state index in [0.29, 0.717) is 31.7 Å². The molecule has 5 nitrogen and oxygen atoms in total. The second-order valence-electron chi connectivity index (χ2n) is 6.08. The van der Waals surface area contributed by atoms with Gasteiger partial charge in [-0.3, -0.25) is 19.3 Å². The summed E-state index contributed by atoms with van der Waals surface area (Å²) in [5.41, 5.74) is 1.34. The van der Waals surface area contributed by atoms with Crippen LogP contribution in [0.2, 0.25) is 0 Å². The maximum atomic E-state index is 11.0. The van der Waals surface area contributed by atoms with Crippen molar-refractivity contribution in [3.63, 3.8) is 0 Å². The summed E-state index contributed by atoms with van der Waals surface area (Å²) in [6.07, 6.45) is 2.37. The van der Waals surface area contributed by atoms with Crippen LogP contribution in [0.25, 0.3) is 0 Å². The predicted octanol–water partition coefficient (Wildman–Crippen LogP) is 2.86. The molecule has 0 N–H and O–H groups in total. The number of Topliss-reactive ketones (excluding diaryl/α,β-unsaturated/α-hetero) is 2. The van der Waals surface area contributed by atoms with Crippen LogP contribution >= 0.6 is 11.6 Å². The van der Waals surface area contributed by atoms with Crippen LogP contribution in [0.15, 0.2) is 30.3 Å². The molecule has 24 heavy (non-hydrogen) atoms. The first-order chi connectivity index (χ1) is 11.5. The first-order valence-corrected chi connectivity index (χ1v) is 8.66. The average Bonchev–Trinajstić information content (AvgIpc) is 2.59. The van der Waals surface area contributed by atoms with Crippen LogP contribution in [0.3, 0.4) is 0 Å². The fraction of sp³-hybridized carbons (Fsp3) is 0.500. The Morgan fingerprint density at radius 3 is 1.88 bits per heavy atom. The van der Waals surface area contributed by atoms with Crippen molar-refractivity contribution in [2.24, 2.45) is 0 Å². The van der Waals surface area contributed by atoms with Gasteiger partial charge in [-0.1, -0.05) is 30.3 Å². The van der Waals surface area contributed by atoms with E-state index in [9.17, 15) is 14.4 Å². The number of benzene rings is 1. The Morgan fingerprint density at radius 2 is 1.38 bits per heavy atom. The molecule has 1 aromatic rings. The fourth-order valence-electron chi connectivity index (χ4n) is 2.73. The van der Waals surface area contributed by atoms with Crippen molar-refractivity contribution in [3.8, 4) is 0 Å². The molecule has 0 atom stereocenters. The molecule has 2 saturated heterocycles. The highest BCUT2D eigenvalue weighted by atomic mass is 35.5. The van der Waals surface area contributed by atoms with E-state index in [1.807, 2.05) is 6.07 Å². The number of halogens is 1. The molecule has 2 aliphatic heterocycles. The van der Waals surface area contributed by atoms with Crippen LogP contribution in [-0.4, -0.2) is 52.9 Å². The minimum absolute atomic E-state index is 0.217. The lowest BCUT2D eigenvalue weighted by Gasteiger charge is -2.25. The Labute approximate surface area is 147 Å². The monoisotopic (exact) mass is 350 g/mol. The van der Waals surface area contributed by atoms with Crippen molar-refractivity contribution >= 4 is 28.5 Å². The van der Waals surface area contributed by atoms with Gasteiger partial charge in [0, 0.05) is 58.4 Å². The number of rotatable bonds is 2. The Hall–Kier alpha value is -1.72. The van der Waals surface area contributed by atoms with Crippen LogP contribution in [0.1, 0.15) is 31.2 Å². The Morgan fingerprint density at radius 1 is 0.875 bits per heavy atom. The third kappa shape index (κ3) is 6.42. The summed E-state index contributed by atoms with van der Waals surface area (Å²) in [6, 6.07) is 10.4. The van der Waals surface area contributed by atoms with Crippen LogP contribution < -0.4 is 0 Å². The third-order valence-electron chi connectivity index (χ3n) is 4.23. The predicted molar refractivity (Wildman–Crippen MR) is 93.0 cm³/mol. The number of hydrogen-bond acceptors (Lipinski definition) is 4. The molecule has 0 aromatic heterocycles. The lowest BCUT2D eigenvalue weighted by Crippen LogP contribution is -2.35. The smallest absolute Gasteiger partial charge is 0.316 e. The molecule has 2 aliphatic rings. The summed E-state index contributed by atoms with van der Waals surface area (Å²) < 4.78 is 0. The molecule has 2 heterocycles. The lowest BCUT2D eigenvalue weighted by atomic mass is 10.1. The van der Waals surface area contributed by atoms with Gasteiger partial charge in [-0.15, -0.1) is 0 Å². The second-order valence-corrected chi connectivity index (χ2v) is 6.40. The topological polar surface area (TPSA) is 57.7 Å². The molecule has 0 radical (unpaired) electrons. The number of carbonyl (C=O) groups is 3. The standard InChI is InChI=1S/C12H15NO.C6H8ClNO2/c14-12-6-8-13(9-7-12)10-11-4-2-1-3-5-11;7-6(10)8-3-1-5(9)2-4-8/h1-5H,6-10H2;1-4H2. The van der Waals surface area contributed by atoms with E-state index in [1.54, 1.807) is 0 Å². The van der Waals surface area contributed by atoms with E-state index in [0.717, 1.165) is 32.5 Å². The van der Waals surface area contributed by atoms with Gasteiger partial charge in [0.15, 0.2) is 0 Å². The molecule has 0 spiro atoms. The zero-order chi connectivity index (χ0) is 17.4. The van der Waals surface area contributed by atoms with Gasteiger partial charge in [0.1, 0.15) is 11.6 Å². The lowest BCUT2D eigenvalue weighted by molar-refractivity contribution is -0.122. The number of ketones is 2. The SMILES string of the molecule is O=C1CCN(C(=O)Cl)CC1.O=C1CCN(Cc2ccccc2)CC1. The van der Waals surface area contributed by atoms with Gasteiger partial charge >= 0.3 is 5.37 Å². The maximum Gasteiger partial charge on any atom is 0.316 e. The Bertz CT molecular complexity index is 557. The second kappa shape index (κ2) is 9.55. The van der Waals surface area contributed by atoms with Crippen molar-refractivity contribution in [2.45, 2.75) is 32.2 Å². The molecule has 0 saturated carbocycles. The minimum atomic E-state index is -0.451. The van der Waals surface area contributed by atoms with Crippen molar-refractivity contribution in [1.29, 1.82) is 0 Å². The third-order valence-corrected chi connectivity index (χ3v) is 4.47. The van der Waals surface area contributed by atoms with Crippen molar-refractivity contribution in [2.75, 3.05) is 26.2 Å². The van der Waals surface area contributed by atoms with Gasteiger partial charge in [0.2, 0.25) is 0 Å². The summed E-state index contributed by atoms with van der Waals surface area (Å²) in [5, 5.41) is -0.451. The quantitative estimate of drug-likeness (QED) is 0.608. The first-order valence-electron chi connectivity index (χ1n) is 8.28. The zero-order valence-corrected chi connectivity index (χ0v) is 14.5. The summed E-state index contributed by atoms with van der Waals surface area (Å²) in [7, 11) is 0. The van der Waals surface area contributed by atoms with Gasteiger partial charge in [-0.05, 0) is 17.2 Å². The normalized spacial score (nSPS) is 18.8. The molecule has 0 unspecified atom stereocenters. The Balaban J connectivity index is 0.000000185. The van der Waals surface area contributed by atoms with E-state index in [1.165, 1.54) is 10.5 Å². The number of piperidine rings is 2. The van der Waals surface area contributed by atoms with E-state index in [2.05, 4.69) is 29.2 Å². The van der Waals surface area contributed by atoms with Crippen LogP contribution in [-0.2, 0) is 16.1 Å². The minimum Gasteiger partial charge on any atom is -0.328 e. The summed E-state index contributed by atoms with van der Waals surface area (Å²) in [4.78, 5) is 36.0. The van der Waals surface area contributed by atoms with Crippen molar-refractivity contribution in [1.82, 2.24) is 9.80 Å². The molecule has 3 rings (SSSR count). The number of likely N-dealkylation sites (tertiary alicyclic amines) is 2. The molecule has 2 fully saturated rings. The van der Waals surface area contributed by atoms with Gasteiger partial charge in [-0.25, -0.2) is 0 Å². The van der Waals surface area contributed by atoms with E-state index in [-0.39, 0.29) is 5.78 Å². The highest BCUT2D eigenvalue weighted by molar-refractivity contribution is 6.62. The number of amides is 1. The largest absolute Gasteiger partial charge is 0.328 e. The van der Waals surface area contributed by atoms with Gasteiger partial charge in [-0.2, -0.15) is 0 Å². The number of carbonyl (C=O) groups excluding carboxylic acids is 3. The highest BCUT2D eigenvalue weighted by Crippen LogP contribution is 2.10. The number of nitrogens with zero attached hydrogens (tertiary/aromatic N) is 2. The molecular formula is C18H23ClN2O3. The summed E-state index contributed by atoms with van der Waals surface area (Å²) >= 11 is 5.18. The molecule has 0 bridgehead atoms. The summed E-state index contributed by atoms with van der Waals surface area (Å²) in [5.74, 6) is 0.628. The van der Waals surface area contributed by atoms with Gasteiger partial charge in [0.05, 0.1) is 0 Å². The number of hydrogen-bond donors (Lipinski definition) is 0. The summed E-state index contributed by atoms with van der Waals surface area (Å²) in [6.45, 7) is 3.80. The Kier molecular flexibility index (Phi) is 7.40. The van der Waals surface area contributed by atoms with Gasteiger partial charge < -0.3 is 4.90 Å². The zero-order valence-electron chi connectivity index (χ0n) is 13.7. The van der Waals surface area contributed by atoms with Gasteiger partial charge in [0.25, 0.3) is 0 Å². The van der Waals surface area contributed by atoms with E-state index >= 15 is 0 Å².